The summed E-state index contributed by atoms with van der Waals surface area (Å²) in [5, 5.41) is 12.1. The van der Waals surface area contributed by atoms with Gasteiger partial charge in [-0.2, -0.15) is 0 Å². The Morgan fingerprint density at radius 3 is 2.52 bits per heavy atom. The lowest BCUT2D eigenvalue weighted by atomic mass is 10.00. The van der Waals surface area contributed by atoms with Crippen molar-refractivity contribution in [3.05, 3.63) is 32.8 Å². The van der Waals surface area contributed by atoms with Crippen LogP contribution < -0.4 is 0 Å². The predicted molar refractivity (Wildman–Crippen MR) is 85.4 cm³/mol. The number of ketones is 1. The van der Waals surface area contributed by atoms with Gasteiger partial charge in [-0.3, -0.25) is 14.9 Å². The number of nitro groups is 1. The minimum atomic E-state index is -0.495. The second-order valence-corrected chi connectivity index (χ2v) is 7.35. The van der Waals surface area contributed by atoms with Crippen molar-refractivity contribution in [1.29, 1.82) is 0 Å². The van der Waals surface area contributed by atoms with Crippen molar-refractivity contribution in [2.45, 2.75) is 49.7 Å². The van der Waals surface area contributed by atoms with Gasteiger partial charge in [-0.25, -0.2) is 0 Å². The van der Waals surface area contributed by atoms with Crippen LogP contribution in [0.25, 0.3) is 0 Å². The van der Waals surface area contributed by atoms with Crippen molar-refractivity contribution < 1.29 is 9.72 Å². The van der Waals surface area contributed by atoms with E-state index in [0.717, 1.165) is 12.8 Å². The van der Waals surface area contributed by atoms with Gasteiger partial charge >= 0.3 is 0 Å². The van der Waals surface area contributed by atoms with E-state index in [2.05, 4.69) is 0 Å². The number of benzene rings is 1. The van der Waals surface area contributed by atoms with Crippen LogP contribution in [0.15, 0.2) is 17.0 Å². The molecule has 0 spiro atoms. The van der Waals surface area contributed by atoms with E-state index in [1.54, 1.807) is 25.6 Å². The molecule has 0 amide bonds. The van der Waals surface area contributed by atoms with Crippen LogP contribution in [0.5, 0.6) is 0 Å². The topological polar surface area (TPSA) is 60.2 Å². The first-order chi connectivity index (χ1) is 9.90. The Bertz CT molecular complexity index is 568. The first-order valence-electron chi connectivity index (χ1n) is 7.09. The maximum absolute atomic E-state index is 12.1. The van der Waals surface area contributed by atoms with Crippen molar-refractivity contribution in [2.24, 2.45) is 5.92 Å². The highest BCUT2D eigenvalue weighted by atomic mass is 35.5. The smallest absolute Gasteiger partial charge is 0.281 e. The molecule has 1 aromatic rings. The Labute approximate surface area is 133 Å². The summed E-state index contributed by atoms with van der Waals surface area (Å²) >= 11 is 7.83. The van der Waals surface area contributed by atoms with Crippen LogP contribution in [0.4, 0.5) is 5.69 Å². The standard InChI is InChI=1S/C15H18ClNO3S/c1-9(2)15(18)11-7-12(16)14(8-13(11)17(19)20)21-10-5-3-4-6-10/h7-10H,3-6H2,1-2H3. The van der Waals surface area contributed by atoms with E-state index in [9.17, 15) is 14.9 Å². The summed E-state index contributed by atoms with van der Waals surface area (Å²) in [4.78, 5) is 23.6. The largest absolute Gasteiger partial charge is 0.294 e. The average molecular weight is 328 g/mol. The third kappa shape index (κ3) is 3.77. The van der Waals surface area contributed by atoms with E-state index in [0.29, 0.717) is 15.2 Å². The molecular weight excluding hydrogens is 310 g/mol. The summed E-state index contributed by atoms with van der Waals surface area (Å²) in [6, 6.07) is 2.92. The Balaban J connectivity index is 2.38. The lowest BCUT2D eigenvalue weighted by Crippen LogP contribution is -2.10. The first-order valence-corrected chi connectivity index (χ1v) is 8.34. The zero-order chi connectivity index (χ0) is 15.6. The van der Waals surface area contributed by atoms with Gasteiger partial charge < -0.3 is 0 Å². The number of hydrogen-bond acceptors (Lipinski definition) is 4. The van der Waals surface area contributed by atoms with Crippen molar-refractivity contribution >= 4 is 34.8 Å². The maximum Gasteiger partial charge on any atom is 0.281 e. The van der Waals surface area contributed by atoms with Gasteiger partial charge in [0.25, 0.3) is 5.69 Å². The lowest BCUT2D eigenvalue weighted by molar-refractivity contribution is -0.385. The SMILES string of the molecule is CC(C)C(=O)c1cc(Cl)c(SC2CCCC2)cc1[N+](=O)[O-]. The molecular formula is C15H18ClNO3S. The number of nitrogens with zero attached hydrogens (tertiary/aromatic N) is 1. The zero-order valence-electron chi connectivity index (χ0n) is 12.1. The molecule has 0 radical (unpaired) electrons. The lowest BCUT2D eigenvalue weighted by Gasteiger charge is -2.12. The molecule has 0 bridgehead atoms. The number of rotatable bonds is 5. The van der Waals surface area contributed by atoms with Gasteiger partial charge in [0.15, 0.2) is 5.78 Å². The molecule has 6 heteroatoms. The molecule has 0 aliphatic heterocycles. The molecule has 2 rings (SSSR count). The first kappa shape index (κ1) is 16.3. The quantitative estimate of drug-likeness (QED) is 0.427. The fourth-order valence-electron chi connectivity index (χ4n) is 2.48. The number of halogens is 1. The Morgan fingerprint density at radius 2 is 2.00 bits per heavy atom. The van der Waals surface area contributed by atoms with Gasteiger partial charge in [-0.15, -0.1) is 11.8 Å². The second kappa shape index (κ2) is 6.79. The van der Waals surface area contributed by atoms with Gasteiger partial charge in [0.05, 0.1) is 15.5 Å². The molecule has 0 saturated heterocycles. The van der Waals surface area contributed by atoms with Crippen molar-refractivity contribution in [3.8, 4) is 0 Å². The number of Topliss-reactive ketones (excluding diaryl/α,β-unsaturated/α-hetero) is 1. The van der Waals surface area contributed by atoms with Crippen LogP contribution in [-0.4, -0.2) is 16.0 Å². The van der Waals surface area contributed by atoms with Crippen LogP contribution in [-0.2, 0) is 0 Å². The van der Waals surface area contributed by atoms with Crippen LogP contribution in [0.1, 0.15) is 49.9 Å². The summed E-state index contributed by atoms with van der Waals surface area (Å²) in [5.41, 5.74) is -0.0330. The van der Waals surface area contributed by atoms with Crippen molar-refractivity contribution in [2.75, 3.05) is 0 Å². The van der Waals surface area contributed by atoms with Crippen molar-refractivity contribution in [3.63, 3.8) is 0 Å². The van der Waals surface area contributed by atoms with Gasteiger partial charge in [-0.1, -0.05) is 38.3 Å². The fraction of sp³-hybridized carbons (Fsp3) is 0.533. The van der Waals surface area contributed by atoms with E-state index in [1.807, 2.05) is 0 Å². The molecule has 1 saturated carbocycles. The number of carbonyl (C=O) groups excluding carboxylic acids is 1. The third-order valence-corrected chi connectivity index (χ3v) is 5.45. The van der Waals surface area contributed by atoms with Gasteiger partial charge in [0.2, 0.25) is 0 Å². The molecule has 1 aliphatic carbocycles. The molecule has 1 fully saturated rings. The molecule has 0 heterocycles. The highest BCUT2D eigenvalue weighted by Gasteiger charge is 2.26. The number of hydrogen-bond donors (Lipinski definition) is 0. The summed E-state index contributed by atoms with van der Waals surface area (Å²) in [5.74, 6) is -0.547. The normalized spacial score (nSPS) is 15.6. The number of carbonyl (C=O) groups is 1. The van der Waals surface area contributed by atoms with E-state index < -0.39 is 4.92 Å². The van der Waals surface area contributed by atoms with Gasteiger partial charge in [0, 0.05) is 22.1 Å². The van der Waals surface area contributed by atoms with Gasteiger partial charge in [0.1, 0.15) is 0 Å². The maximum atomic E-state index is 12.1. The van der Waals surface area contributed by atoms with Gasteiger partial charge in [-0.05, 0) is 18.9 Å². The van der Waals surface area contributed by atoms with E-state index in [4.69, 9.17) is 11.6 Å². The second-order valence-electron chi connectivity index (χ2n) is 5.60. The van der Waals surface area contributed by atoms with Crippen LogP contribution in [0.2, 0.25) is 5.02 Å². The summed E-state index contributed by atoms with van der Waals surface area (Å²) in [6.45, 7) is 3.45. The van der Waals surface area contributed by atoms with E-state index >= 15 is 0 Å². The minimum Gasteiger partial charge on any atom is -0.294 e. The van der Waals surface area contributed by atoms with Crippen LogP contribution in [0, 0.1) is 16.0 Å². The van der Waals surface area contributed by atoms with E-state index in [1.165, 1.54) is 25.0 Å². The molecule has 21 heavy (non-hydrogen) atoms. The van der Waals surface area contributed by atoms with E-state index in [-0.39, 0.29) is 23.0 Å². The molecule has 114 valence electrons. The monoisotopic (exact) mass is 327 g/mol. The molecule has 1 aromatic carbocycles. The van der Waals surface area contributed by atoms with Crippen LogP contribution >= 0.6 is 23.4 Å². The summed E-state index contributed by atoms with van der Waals surface area (Å²) in [7, 11) is 0. The molecule has 1 aliphatic rings. The zero-order valence-corrected chi connectivity index (χ0v) is 13.7. The number of nitro benzene ring substituents is 1. The molecule has 0 unspecified atom stereocenters. The Kier molecular flexibility index (Phi) is 5.27. The highest BCUT2D eigenvalue weighted by molar-refractivity contribution is 8.00. The Morgan fingerprint density at radius 1 is 1.38 bits per heavy atom. The fourth-order valence-corrected chi connectivity index (χ4v) is 4.05. The average Bonchev–Trinajstić information content (AvgIpc) is 2.92. The molecule has 4 nitrogen and oxygen atoms in total. The molecule has 0 aromatic heterocycles. The highest BCUT2D eigenvalue weighted by Crippen LogP contribution is 2.40. The van der Waals surface area contributed by atoms with Crippen molar-refractivity contribution in [1.82, 2.24) is 0 Å². The summed E-state index contributed by atoms with van der Waals surface area (Å²) in [6.07, 6.45) is 4.62. The minimum absolute atomic E-state index is 0.107. The Hall–Kier alpha value is -1.07. The summed E-state index contributed by atoms with van der Waals surface area (Å²) < 4.78 is 0. The third-order valence-electron chi connectivity index (χ3n) is 3.63. The predicted octanol–water partition coefficient (Wildman–Crippen LogP) is 5.12. The molecule has 0 atom stereocenters. The molecule has 0 N–H and O–H groups in total. The van der Waals surface area contributed by atoms with Crippen LogP contribution in [0.3, 0.4) is 0 Å². The number of thioether (sulfide) groups is 1.